The largest absolute Gasteiger partial charge is 0.392 e. The van der Waals surface area contributed by atoms with Gasteiger partial charge in [-0.25, -0.2) is 0 Å². The molecule has 0 spiro atoms. The molecule has 1 nitrogen and oxygen atoms in total. The summed E-state index contributed by atoms with van der Waals surface area (Å²) < 4.78 is 0. The molecule has 74 valence electrons. The van der Waals surface area contributed by atoms with E-state index >= 15 is 0 Å². The third kappa shape index (κ3) is 0.936. The first-order chi connectivity index (χ1) is 6.79. The van der Waals surface area contributed by atoms with Crippen molar-refractivity contribution in [1.29, 1.82) is 0 Å². The van der Waals surface area contributed by atoms with Crippen LogP contribution in [0.2, 0.25) is 0 Å². The summed E-state index contributed by atoms with van der Waals surface area (Å²) in [6, 6.07) is 8.66. The van der Waals surface area contributed by atoms with Crippen LogP contribution in [0.1, 0.15) is 42.7 Å². The van der Waals surface area contributed by atoms with E-state index in [0.29, 0.717) is 17.8 Å². The van der Waals surface area contributed by atoms with Crippen LogP contribution in [0.3, 0.4) is 0 Å². The van der Waals surface area contributed by atoms with E-state index in [0.717, 1.165) is 0 Å². The minimum atomic E-state index is -0.108. The summed E-state index contributed by atoms with van der Waals surface area (Å²) >= 11 is 0. The Balaban J connectivity index is 2.17. The number of fused-ring (bicyclic) bond motifs is 2. The van der Waals surface area contributed by atoms with E-state index in [-0.39, 0.29) is 6.10 Å². The monoisotopic (exact) mass is 188 g/mol. The van der Waals surface area contributed by atoms with Crippen LogP contribution in [0.25, 0.3) is 0 Å². The minimum Gasteiger partial charge on any atom is -0.392 e. The molecule has 1 fully saturated rings. The summed E-state index contributed by atoms with van der Waals surface area (Å²) in [6.07, 6.45) is 2.33. The van der Waals surface area contributed by atoms with Crippen LogP contribution in [-0.4, -0.2) is 11.2 Å². The number of hydrogen-bond acceptors (Lipinski definition) is 1. The van der Waals surface area contributed by atoms with Crippen LogP contribution < -0.4 is 0 Å². The van der Waals surface area contributed by atoms with Gasteiger partial charge in [0, 0.05) is 5.92 Å². The smallest absolute Gasteiger partial charge is 0.0640 e. The minimum absolute atomic E-state index is 0.108. The first kappa shape index (κ1) is 8.49. The summed E-state index contributed by atoms with van der Waals surface area (Å²) in [5, 5.41) is 10.1. The van der Waals surface area contributed by atoms with E-state index in [1.54, 1.807) is 0 Å². The van der Waals surface area contributed by atoms with Crippen molar-refractivity contribution in [1.82, 2.24) is 0 Å². The molecule has 4 atom stereocenters. The molecule has 0 unspecified atom stereocenters. The summed E-state index contributed by atoms with van der Waals surface area (Å²) in [6.45, 7) is 2.19. The van der Waals surface area contributed by atoms with Crippen molar-refractivity contribution in [3.8, 4) is 0 Å². The van der Waals surface area contributed by atoms with Crippen LogP contribution in [-0.2, 0) is 0 Å². The molecule has 0 amide bonds. The SMILES string of the molecule is C[C@H]1[C@H](O)[C@H]2CC[C@@H]1c1ccccc12. The average Bonchev–Trinajstić information content (AvgIpc) is 2.24. The fourth-order valence-corrected chi connectivity index (χ4v) is 3.36. The molecule has 0 aliphatic heterocycles. The lowest BCUT2D eigenvalue weighted by Gasteiger charge is -2.46. The fourth-order valence-electron chi connectivity index (χ4n) is 3.36. The normalized spacial score (nSPS) is 39.6. The molecule has 14 heavy (non-hydrogen) atoms. The predicted octanol–water partition coefficient (Wildman–Crippen LogP) is 2.66. The van der Waals surface area contributed by atoms with Crippen LogP contribution in [0.5, 0.6) is 0 Å². The molecule has 3 aliphatic carbocycles. The van der Waals surface area contributed by atoms with Crippen molar-refractivity contribution < 1.29 is 5.11 Å². The Bertz CT molecular complexity index is 323. The molecule has 3 aliphatic rings. The van der Waals surface area contributed by atoms with Crippen molar-refractivity contribution in [2.75, 3.05) is 0 Å². The third-order valence-corrected chi connectivity index (χ3v) is 4.17. The molecule has 2 bridgehead atoms. The molecule has 0 saturated heterocycles. The van der Waals surface area contributed by atoms with Crippen LogP contribution in [0.4, 0.5) is 0 Å². The van der Waals surface area contributed by atoms with Gasteiger partial charge in [0.05, 0.1) is 6.10 Å². The Morgan fingerprint density at radius 3 is 2.36 bits per heavy atom. The molecular formula is C13H16O. The van der Waals surface area contributed by atoms with Gasteiger partial charge in [0.25, 0.3) is 0 Å². The van der Waals surface area contributed by atoms with E-state index in [4.69, 9.17) is 0 Å². The van der Waals surface area contributed by atoms with Gasteiger partial charge < -0.3 is 5.11 Å². The average molecular weight is 188 g/mol. The molecule has 0 radical (unpaired) electrons. The van der Waals surface area contributed by atoms with E-state index in [1.807, 2.05) is 0 Å². The van der Waals surface area contributed by atoms with Crippen LogP contribution >= 0.6 is 0 Å². The number of benzene rings is 1. The highest BCUT2D eigenvalue weighted by atomic mass is 16.3. The van der Waals surface area contributed by atoms with Crippen molar-refractivity contribution >= 4 is 0 Å². The standard InChI is InChI=1S/C13H16O/c1-8-9-6-7-12(13(8)14)11-5-3-2-4-10(9)11/h2-5,8-9,12-14H,6-7H2,1H3/t8-,9+,12+,13+/m1/s1. The molecule has 1 aromatic carbocycles. The zero-order chi connectivity index (χ0) is 9.71. The van der Waals surface area contributed by atoms with Crippen molar-refractivity contribution in [3.63, 3.8) is 0 Å². The topological polar surface area (TPSA) is 20.2 Å². The molecule has 1 heteroatoms. The van der Waals surface area contributed by atoms with E-state index < -0.39 is 0 Å². The Kier molecular flexibility index (Phi) is 1.72. The molecule has 1 N–H and O–H groups in total. The molecule has 0 heterocycles. The lowest BCUT2D eigenvalue weighted by molar-refractivity contribution is 0.0318. The Labute approximate surface area is 84.8 Å². The van der Waals surface area contributed by atoms with Gasteiger partial charge in [-0.05, 0) is 35.8 Å². The van der Waals surface area contributed by atoms with Gasteiger partial charge in [0.15, 0.2) is 0 Å². The fraction of sp³-hybridized carbons (Fsp3) is 0.538. The molecule has 1 aromatic rings. The maximum absolute atomic E-state index is 10.1. The number of aliphatic hydroxyl groups excluding tert-OH is 1. The number of aliphatic hydroxyl groups is 1. The third-order valence-electron chi connectivity index (χ3n) is 4.17. The lowest BCUT2D eigenvalue weighted by Crippen LogP contribution is -2.40. The van der Waals surface area contributed by atoms with Gasteiger partial charge in [-0.2, -0.15) is 0 Å². The molecule has 4 rings (SSSR count). The lowest BCUT2D eigenvalue weighted by atomic mass is 9.61. The van der Waals surface area contributed by atoms with Gasteiger partial charge in [-0.3, -0.25) is 0 Å². The Morgan fingerprint density at radius 2 is 1.64 bits per heavy atom. The Morgan fingerprint density at radius 1 is 1.07 bits per heavy atom. The van der Waals surface area contributed by atoms with Crippen molar-refractivity contribution in [2.45, 2.75) is 37.7 Å². The highest BCUT2D eigenvalue weighted by Gasteiger charge is 2.43. The van der Waals surface area contributed by atoms with Gasteiger partial charge in [-0.1, -0.05) is 31.2 Å². The second kappa shape index (κ2) is 2.83. The second-order valence-corrected chi connectivity index (χ2v) is 4.77. The van der Waals surface area contributed by atoms with Crippen LogP contribution in [0, 0.1) is 5.92 Å². The quantitative estimate of drug-likeness (QED) is 0.663. The van der Waals surface area contributed by atoms with Crippen molar-refractivity contribution in [3.05, 3.63) is 35.4 Å². The number of hydrogen-bond donors (Lipinski definition) is 1. The zero-order valence-electron chi connectivity index (χ0n) is 8.48. The van der Waals surface area contributed by atoms with Crippen LogP contribution in [0.15, 0.2) is 24.3 Å². The maximum Gasteiger partial charge on any atom is 0.0640 e. The van der Waals surface area contributed by atoms with Gasteiger partial charge in [0.2, 0.25) is 0 Å². The summed E-state index contributed by atoms with van der Waals surface area (Å²) in [7, 11) is 0. The summed E-state index contributed by atoms with van der Waals surface area (Å²) in [5.41, 5.74) is 2.91. The highest BCUT2D eigenvalue weighted by Crippen LogP contribution is 2.51. The van der Waals surface area contributed by atoms with E-state index in [1.165, 1.54) is 24.0 Å². The Hall–Kier alpha value is -0.820. The molecule has 0 aromatic heterocycles. The second-order valence-electron chi connectivity index (χ2n) is 4.77. The zero-order valence-corrected chi connectivity index (χ0v) is 8.48. The predicted molar refractivity (Wildman–Crippen MR) is 56.3 cm³/mol. The summed E-state index contributed by atoms with van der Waals surface area (Å²) in [4.78, 5) is 0. The number of rotatable bonds is 0. The van der Waals surface area contributed by atoms with Gasteiger partial charge in [-0.15, -0.1) is 0 Å². The first-order valence-electron chi connectivity index (χ1n) is 5.56. The maximum atomic E-state index is 10.1. The molecule has 1 saturated carbocycles. The summed E-state index contributed by atoms with van der Waals surface area (Å²) in [5.74, 6) is 1.46. The van der Waals surface area contributed by atoms with Crippen molar-refractivity contribution in [2.24, 2.45) is 5.92 Å². The van der Waals surface area contributed by atoms with Gasteiger partial charge >= 0.3 is 0 Å². The van der Waals surface area contributed by atoms with E-state index in [9.17, 15) is 5.11 Å². The van der Waals surface area contributed by atoms with E-state index in [2.05, 4.69) is 31.2 Å². The highest BCUT2D eigenvalue weighted by molar-refractivity contribution is 5.40. The van der Waals surface area contributed by atoms with Gasteiger partial charge in [0.1, 0.15) is 0 Å². The first-order valence-corrected chi connectivity index (χ1v) is 5.56. The molecular weight excluding hydrogens is 172 g/mol.